The summed E-state index contributed by atoms with van der Waals surface area (Å²) < 4.78 is 34.3. The van der Waals surface area contributed by atoms with Crippen molar-refractivity contribution in [3.05, 3.63) is 0 Å². The molecule has 1 rings (SSSR count). The Hall–Kier alpha value is -1.35. The van der Waals surface area contributed by atoms with Crippen LogP contribution in [0.1, 0.15) is 33.6 Å². The van der Waals surface area contributed by atoms with Crippen LogP contribution in [0.5, 0.6) is 0 Å². The van der Waals surface area contributed by atoms with Crippen molar-refractivity contribution in [2.45, 2.75) is 45.3 Å². The minimum absolute atomic E-state index is 0.201. The number of hydrogen-bond acceptors (Lipinski definition) is 6. The normalized spacial score (nSPS) is 19.0. The zero-order valence-corrected chi connectivity index (χ0v) is 15.1. The monoisotopic (exact) mass is 350 g/mol. The molecule has 1 N–H and O–H groups in total. The number of nitrogens with zero attached hydrogens (tertiary/aromatic N) is 1. The number of carbonyl (C=O) groups excluding carboxylic acids is 2. The van der Waals surface area contributed by atoms with Crippen molar-refractivity contribution in [3.8, 4) is 0 Å². The second-order valence-corrected chi connectivity index (χ2v) is 8.63. The number of nitrogens with one attached hydrogen (secondary N) is 1. The molecule has 8 nitrogen and oxygen atoms in total. The summed E-state index contributed by atoms with van der Waals surface area (Å²) in [4.78, 5) is 23.9. The molecular formula is C14H26N2O6S. The van der Waals surface area contributed by atoms with Crippen LogP contribution in [0.15, 0.2) is 0 Å². The van der Waals surface area contributed by atoms with E-state index < -0.39 is 33.7 Å². The Balaban J connectivity index is 2.73. The summed E-state index contributed by atoms with van der Waals surface area (Å²) in [6.07, 6.45) is 1.38. The van der Waals surface area contributed by atoms with Crippen LogP contribution >= 0.6 is 0 Å². The second kappa shape index (κ2) is 7.48. The van der Waals surface area contributed by atoms with Gasteiger partial charge in [-0.3, -0.25) is 0 Å². The molecule has 1 atom stereocenters. The van der Waals surface area contributed by atoms with Crippen molar-refractivity contribution >= 4 is 22.1 Å². The molecular weight excluding hydrogens is 324 g/mol. The molecule has 0 bridgehead atoms. The van der Waals surface area contributed by atoms with Gasteiger partial charge in [-0.15, -0.1) is 0 Å². The number of sulfonamides is 1. The Kier molecular flexibility index (Phi) is 6.41. The maximum Gasteiger partial charge on any atom is 0.408 e. The largest absolute Gasteiger partial charge is 0.467 e. The van der Waals surface area contributed by atoms with Gasteiger partial charge in [0, 0.05) is 13.1 Å². The van der Waals surface area contributed by atoms with E-state index in [1.54, 1.807) is 20.8 Å². The lowest BCUT2D eigenvalue weighted by atomic mass is 9.90. The molecule has 0 aliphatic carbocycles. The predicted molar refractivity (Wildman–Crippen MR) is 84.3 cm³/mol. The highest BCUT2D eigenvalue weighted by atomic mass is 32.2. The van der Waals surface area contributed by atoms with Gasteiger partial charge in [-0.2, -0.15) is 0 Å². The van der Waals surface area contributed by atoms with Gasteiger partial charge in [0.15, 0.2) is 0 Å². The highest BCUT2D eigenvalue weighted by molar-refractivity contribution is 7.88. The molecule has 1 aliphatic rings. The molecule has 0 aromatic rings. The summed E-state index contributed by atoms with van der Waals surface area (Å²) >= 11 is 0. The van der Waals surface area contributed by atoms with E-state index in [9.17, 15) is 18.0 Å². The molecule has 1 fully saturated rings. The zero-order valence-electron chi connectivity index (χ0n) is 14.3. The van der Waals surface area contributed by atoms with Crippen molar-refractivity contribution in [3.63, 3.8) is 0 Å². The maximum atomic E-state index is 12.0. The van der Waals surface area contributed by atoms with Crippen LogP contribution in [0, 0.1) is 5.92 Å². The molecule has 1 amide bonds. The van der Waals surface area contributed by atoms with E-state index in [1.165, 1.54) is 11.4 Å². The number of ether oxygens (including phenoxy) is 2. The van der Waals surface area contributed by atoms with Gasteiger partial charge in [-0.25, -0.2) is 22.3 Å². The fourth-order valence-electron chi connectivity index (χ4n) is 2.47. The van der Waals surface area contributed by atoms with E-state index in [2.05, 4.69) is 5.32 Å². The average Bonchev–Trinajstić information content (AvgIpc) is 2.41. The number of methoxy groups -OCH3 is 1. The zero-order chi connectivity index (χ0) is 17.8. The number of amides is 1. The first kappa shape index (κ1) is 19.7. The first-order valence-corrected chi connectivity index (χ1v) is 9.31. The molecule has 23 heavy (non-hydrogen) atoms. The summed E-state index contributed by atoms with van der Waals surface area (Å²) in [5.74, 6) is -0.762. The van der Waals surface area contributed by atoms with Crippen LogP contribution in [0.25, 0.3) is 0 Å². The number of carbonyl (C=O) groups is 2. The van der Waals surface area contributed by atoms with Gasteiger partial charge in [-0.05, 0) is 39.5 Å². The standard InChI is InChI=1S/C14H26N2O6S/c1-14(2,3)22-13(18)15-11(12(17)21-4)10-6-8-16(9-7-10)23(5,19)20/h10-11H,6-9H2,1-5H3,(H,15,18). The van der Waals surface area contributed by atoms with Crippen LogP contribution in [0.4, 0.5) is 4.79 Å². The Morgan fingerprint density at radius 3 is 2.13 bits per heavy atom. The lowest BCUT2D eigenvalue weighted by Gasteiger charge is -2.34. The van der Waals surface area contributed by atoms with Gasteiger partial charge in [0.05, 0.1) is 13.4 Å². The van der Waals surface area contributed by atoms with Crippen LogP contribution in [-0.4, -0.2) is 62.9 Å². The molecule has 1 aliphatic heterocycles. The molecule has 0 radical (unpaired) electrons. The fourth-order valence-corrected chi connectivity index (χ4v) is 3.35. The lowest BCUT2D eigenvalue weighted by Crippen LogP contribution is -2.51. The third kappa shape index (κ3) is 6.34. The number of hydrogen-bond donors (Lipinski definition) is 1. The van der Waals surface area contributed by atoms with Gasteiger partial charge in [-0.1, -0.05) is 0 Å². The van der Waals surface area contributed by atoms with Crippen molar-refractivity contribution in [2.24, 2.45) is 5.92 Å². The maximum absolute atomic E-state index is 12.0. The minimum atomic E-state index is -3.24. The fraction of sp³-hybridized carbons (Fsp3) is 0.857. The van der Waals surface area contributed by atoms with Gasteiger partial charge in [0.1, 0.15) is 11.6 Å². The Morgan fingerprint density at radius 2 is 1.74 bits per heavy atom. The van der Waals surface area contributed by atoms with Gasteiger partial charge in [0.25, 0.3) is 0 Å². The first-order chi connectivity index (χ1) is 10.4. The number of esters is 1. The predicted octanol–water partition coefficient (Wildman–Crippen LogP) is 0.724. The number of piperidine rings is 1. The lowest BCUT2D eigenvalue weighted by molar-refractivity contribution is -0.145. The van der Waals surface area contributed by atoms with Crippen LogP contribution in [-0.2, 0) is 24.3 Å². The first-order valence-electron chi connectivity index (χ1n) is 7.46. The quantitative estimate of drug-likeness (QED) is 0.750. The molecule has 134 valence electrons. The molecule has 0 spiro atoms. The molecule has 0 aromatic carbocycles. The molecule has 9 heteroatoms. The van der Waals surface area contributed by atoms with Crippen molar-refractivity contribution in [1.29, 1.82) is 0 Å². The van der Waals surface area contributed by atoms with Gasteiger partial charge < -0.3 is 14.8 Å². The van der Waals surface area contributed by atoms with Gasteiger partial charge >= 0.3 is 12.1 Å². The SMILES string of the molecule is COC(=O)C(NC(=O)OC(C)(C)C)C1CCN(S(C)(=O)=O)CC1. The summed E-state index contributed by atoms with van der Waals surface area (Å²) in [5, 5.41) is 2.54. The number of rotatable bonds is 4. The Bertz CT molecular complexity index is 532. The van der Waals surface area contributed by atoms with Crippen molar-refractivity contribution in [2.75, 3.05) is 26.5 Å². The molecule has 1 heterocycles. The smallest absolute Gasteiger partial charge is 0.408 e. The highest BCUT2D eigenvalue weighted by Gasteiger charge is 2.36. The highest BCUT2D eigenvalue weighted by Crippen LogP contribution is 2.23. The van der Waals surface area contributed by atoms with Crippen LogP contribution < -0.4 is 5.32 Å². The van der Waals surface area contributed by atoms with E-state index >= 15 is 0 Å². The second-order valence-electron chi connectivity index (χ2n) is 6.65. The van der Waals surface area contributed by atoms with Crippen LogP contribution in [0.3, 0.4) is 0 Å². The summed E-state index contributed by atoms with van der Waals surface area (Å²) in [7, 11) is -2.00. The van der Waals surface area contributed by atoms with Crippen molar-refractivity contribution < 1.29 is 27.5 Å². The summed E-state index contributed by atoms with van der Waals surface area (Å²) in [5.41, 5.74) is -0.676. The minimum Gasteiger partial charge on any atom is -0.467 e. The van der Waals surface area contributed by atoms with E-state index in [4.69, 9.17) is 9.47 Å². The Labute approximate surface area is 137 Å². The molecule has 0 aromatic heterocycles. The van der Waals surface area contributed by atoms with E-state index in [1.807, 2.05) is 0 Å². The third-order valence-corrected chi connectivity index (χ3v) is 4.87. The molecule has 1 unspecified atom stereocenters. The van der Waals surface area contributed by atoms with Crippen LogP contribution in [0.2, 0.25) is 0 Å². The summed E-state index contributed by atoms with van der Waals surface area (Å²) in [6, 6.07) is -0.850. The topological polar surface area (TPSA) is 102 Å². The van der Waals surface area contributed by atoms with E-state index in [0.717, 1.165) is 6.26 Å². The summed E-state index contributed by atoms with van der Waals surface area (Å²) in [6.45, 7) is 5.80. The van der Waals surface area contributed by atoms with E-state index in [-0.39, 0.29) is 5.92 Å². The molecule has 1 saturated heterocycles. The molecule has 0 saturated carbocycles. The Morgan fingerprint density at radius 1 is 1.22 bits per heavy atom. The van der Waals surface area contributed by atoms with Crippen molar-refractivity contribution in [1.82, 2.24) is 9.62 Å². The number of alkyl carbamates (subject to hydrolysis) is 1. The van der Waals surface area contributed by atoms with Gasteiger partial charge in [0.2, 0.25) is 10.0 Å². The van der Waals surface area contributed by atoms with E-state index in [0.29, 0.717) is 25.9 Å². The average molecular weight is 350 g/mol. The third-order valence-electron chi connectivity index (χ3n) is 3.57.